The van der Waals surface area contributed by atoms with Crippen molar-refractivity contribution in [1.82, 2.24) is 4.90 Å². The molecule has 0 aromatic heterocycles. The second kappa shape index (κ2) is 8.99. The number of hydrogen-bond acceptors (Lipinski definition) is 4. The van der Waals surface area contributed by atoms with Crippen LogP contribution in [-0.2, 0) is 12.8 Å². The largest absolute Gasteiger partial charge is 0.390 e. The van der Waals surface area contributed by atoms with Gasteiger partial charge in [0.25, 0.3) is 0 Å². The van der Waals surface area contributed by atoms with Gasteiger partial charge in [-0.3, -0.25) is 0 Å². The summed E-state index contributed by atoms with van der Waals surface area (Å²) in [4.78, 5) is 7.52. The average Bonchev–Trinajstić information content (AvgIpc) is 3.17. The molecule has 2 aliphatic heterocycles. The number of nitrogens with zero attached hydrogens (tertiary/aromatic N) is 3. The SMILES string of the molecule is CN1CCN(c2ccccc2C[C@@H]2CCN(c3ccc(CC(C)(C)O)cc3)C2)CC1. The van der Waals surface area contributed by atoms with Crippen LogP contribution in [0, 0.1) is 5.92 Å². The Hall–Kier alpha value is -2.04. The third-order valence-corrected chi connectivity index (χ3v) is 6.57. The molecule has 2 heterocycles. The van der Waals surface area contributed by atoms with E-state index >= 15 is 0 Å². The second-order valence-electron chi connectivity index (χ2n) is 9.88. The molecule has 2 aromatic carbocycles. The van der Waals surface area contributed by atoms with Crippen LogP contribution in [0.1, 0.15) is 31.4 Å². The fraction of sp³-hybridized carbons (Fsp3) is 0.538. The maximum Gasteiger partial charge on any atom is 0.0631 e. The minimum absolute atomic E-state index is 0.655. The number of piperazine rings is 1. The molecule has 30 heavy (non-hydrogen) atoms. The highest BCUT2D eigenvalue weighted by molar-refractivity contribution is 5.55. The molecular formula is C26H37N3O. The van der Waals surface area contributed by atoms with Crippen molar-refractivity contribution in [3.05, 3.63) is 59.7 Å². The first-order valence-electron chi connectivity index (χ1n) is 11.4. The van der Waals surface area contributed by atoms with E-state index < -0.39 is 5.60 Å². The van der Waals surface area contributed by atoms with E-state index in [2.05, 4.69) is 70.3 Å². The molecule has 1 atom stereocenters. The van der Waals surface area contributed by atoms with Crippen LogP contribution in [0.3, 0.4) is 0 Å². The lowest BCUT2D eigenvalue weighted by atomic mass is 9.96. The third-order valence-electron chi connectivity index (χ3n) is 6.57. The summed E-state index contributed by atoms with van der Waals surface area (Å²) in [7, 11) is 2.22. The Bertz CT molecular complexity index is 819. The van der Waals surface area contributed by atoms with Crippen LogP contribution >= 0.6 is 0 Å². The number of rotatable bonds is 6. The van der Waals surface area contributed by atoms with Gasteiger partial charge in [-0.2, -0.15) is 0 Å². The molecule has 1 N–H and O–H groups in total. The predicted octanol–water partition coefficient (Wildman–Crippen LogP) is 3.82. The van der Waals surface area contributed by atoms with E-state index in [1.54, 1.807) is 0 Å². The summed E-state index contributed by atoms with van der Waals surface area (Å²) >= 11 is 0. The standard InChI is InChI=1S/C26H37N3O/c1-26(2,30)19-21-8-10-24(11-9-21)29-13-12-22(20-29)18-23-6-4-5-7-25(23)28-16-14-27(3)15-17-28/h4-11,22,30H,12-20H2,1-3H3/t22-/m0/s1. The Morgan fingerprint density at radius 2 is 1.60 bits per heavy atom. The van der Waals surface area contributed by atoms with Gasteiger partial charge in [-0.15, -0.1) is 0 Å². The van der Waals surface area contributed by atoms with Crippen LogP contribution in [0.2, 0.25) is 0 Å². The molecule has 2 saturated heterocycles. The average molecular weight is 408 g/mol. The van der Waals surface area contributed by atoms with Crippen LogP contribution in [0.4, 0.5) is 11.4 Å². The summed E-state index contributed by atoms with van der Waals surface area (Å²) in [6, 6.07) is 17.8. The smallest absolute Gasteiger partial charge is 0.0631 e. The summed E-state index contributed by atoms with van der Waals surface area (Å²) in [5, 5.41) is 10.0. The van der Waals surface area contributed by atoms with Crippen molar-refractivity contribution in [1.29, 1.82) is 0 Å². The van der Waals surface area contributed by atoms with Crippen molar-refractivity contribution in [3.8, 4) is 0 Å². The monoisotopic (exact) mass is 407 g/mol. The van der Waals surface area contributed by atoms with E-state index in [0.717, 1.165) is 45.7 Å². The minimum Gasteiger partial charge on any atom is -0.390 e. The molecule has 0 saturated carbocycles. The quantitative estimate of drug-likeness (QED) is 0.788. The zero-order valence-corrected chi connectivity index (χ0v) is 18.8. The molecule has 4 rings (SSSR count). The van der Waals surface area contributed by atoms with E-state index in [4.69, 9.17) is 0 Å². The fourth-order valence-electron chi connectivity index (χ4n) is 4.91. The Kier molecular flexibility index (Phi) is 6.35. The molecule has 2 aliphatic rings. The first-order valence-corrected chi connectivity index (χ1v) is 11.4. The van der Waals surface area contributed by atoms with Crippen molar-refractivity contribution in [2.24, 2.45) is 5.92 Å². The third kappa shape index (κ3) is 5.35. The Morgan fingerprint density at radius 1 is 0.900 bits per heavy atom. The summed E-state index contributed by atoms with van der Waals surface area (Å²) in [6.45, 7) is 10.5. The predicted molar refractivity (Wildman–Crippen MR) is 127 cm³/mol. The second-order valence-corrected chi connectivity index (χ2v) is 9.88. The van der Waals surface area contributed by atoms with Gasteiger partial charge >= 0.3 is 0 Å². The number of anilines is 2. The van der Waals surface area contributed by atoms with Crippen molar-refractivity contribution in [2.75, 3.05) is 56.1 Å². The summed E-state index contributed by atoms with van der Waals surface area (Å²) in [5.74, 6) is 0.703. The Balaban J connectivity index is 1.38. The summed E-state index contributed by atoms with van der Waals surface area (Å²) in [5.41, 5.74) is 4.80. The molecule has 2 aromatic rings. The molecule has 0 amide bonds. The molecule has 162 valence electrons. The zero-order valence-electron chi connectivity index (χ0n) is 18.8. The molecule has 0 aliphatic carbocycles. The van der Waals surface area contributed by atoms with Crippen molar-refractivity contribution in [2.45, 2.75) is 38.7 Å². The van der Waals surface area contributed by atoms with Crippen molar-refractivity contribution < 1.29 is 5.11 Å². The van der Waals surface area contributed by atoms with E-state index in [0.29, 0.717) is 12.3 Å². The lowest BCUT2D eigenvalue weighted by molar-refractivity contribution is 0.0810. The molecule has 2 fully saturated rings. The topological polar surface area (TPSA) is 30.0 Å². The zero-order chi connectivity index (χ0) is 21.1. The first kappa shape index (κ1) is 21.2. The van der Waals surface area contributed by atoms with Crippen molar-refractivity contribution in [3.63, 3.8) is 0 Å². The van der Waals surface area contributed by atoms with E-state index in [1.165, 1.54) is 28.9 Å². The van der Waals surface area contributed by atoms with Gasteiger partial charge in [-0.05, 0) is 69.0 Å². The highest BCUT2D eigenvalue weighted by Crippen LogP contribution is 2.30. The lowest BCUT2D eigenvalue weighted by Gasteiger charge is -2.35. The van der Waals surface area contributed by atoms with Crippen molar-refractivity contribution >= 4 is 11.4 Å². The highest BCUT2D eigenvalue weighted by atomic mass is 16.3. The van der Waals surface area contributed by atoms with E-state index in [9.17, 15) is 5.11 Å². The maximum atomic E-state index is 10.0. The molecule has 0 unspecified atom stereocenters. The van der Waals surface area contributed by atoms with Gasteiger partial charge in [-0.1, -0.05) is 30.3 Å². The van der Waals surface area contributed by atoms with Gasteiger partial charge < -0.3 is 19.8 Å². The summed E-state index contributed by atoms with van der Waals surface area (Å²) < 4.78 is 0. The number of likely N-dealkylation sites (N-methyl/N-ethyl adjacent to an activating group) is 1. The van der Waals surface area contributed by atoms with Gasteiger partial charge in [0, 0.05) is 57.1 Å². The molecule has 0 spiro atoms. The molecule has 0 bridgehead atoms. The van der Waals surface area contributed by atoms with Gasteiger partial charge in [0.2, 0.25) is 0 Å². The molecular weight excluding hydrogens is 370 g/mol. The Labute approximate surface area is 182 Å². The van der Waals surface area contributed by atoms with E-state index in [-0.39, 0.29) is 0 Å². The minimum atomic E-state index is -0.655. The lowest BCUT2D eigenvalue weighted by Crippen LogP contribution is -2.44. The number of aliphatic hydroxyl groups is 1. The molecule has 0 radical (unpaired) electrons. The number of para-hydroxylation sites is 1. The number of hydrogen-bond donors (Lipinski definition) is 1. The van der Waals surface area contributed by atoms with Crippen LogP contribution in [0.15, 0.2) is 48.5 Å². The maximum absolute atomic E-state index is 10.0. The van der Waals surface area contributed by atoms with Gasteiger partial charge in [0.1, 0.15) is 0 Å². The van der Waals surface area contributed by atoms with Crippen LogP contribution in [0.5, 0.6) is 0 Å². The fourth-order valence-corrected chi connectivity index (χ4v) is 4.91. The molecule has 4 nitrogen and oxygen atoms in total. The first-order chi connectivity index (χ1) is 14.4. The van der Waals surface area contributed by atoms with E-state index in [1.807, 2.05) is 13.8 Å². The van der Waals surface area contributed by atoms with Crippen LogP contribution in [0.25, 0.3) is 0 Å². The Morgan fingerprint density at radius 3 is 2.30 bits per heavy atom. The highest BCUT2D eigenvalue weighted by Gasteiger charge is 2.25. The van der Waals surface area contributed by atoms with Gasteiger partial charge in [0.15, 0.2) is 0 Å². The van der Waals surface area contributed by atoms with Gasteiger partial charge in [-0.25, -0.2) is 0 Å². The molecule has 4 heteroatoms. The number of benzene rings is 2. The normalized spacial score (nSPS) is 20.7. The van der Waals surface area contributed by atoms with Crippen LogP contribution < -0.4 is 9.80 Å². The van der Waals surface area contributed by atoms with Crippen LogP contribution in [-0.4, -0.2) is 61.9 Å². The van der Waals surface area contributed by atoms with Gasteiger partial charge in [0.05, 0.1) is 5.60 Å². The summed E-state index contributed by atoms with van der Waals surface area (Å²) in [6.07, 6.45) is 3.11.